The molecule has 9 nitrogen and oxygen atoms in total. The minimum Gasteiger partial charge on any atom is -0.481 e. The largest absolute Gasteiger partial charge is 0.481 e. The van der Waals surface area contributed by atoms with Gasteiger partial charge in [-0.15, -0.1) is 0 Å². The molecule has 9 heteroatoms. The number of amides is 1. The number of nitrogens with zero attached hydrogens (tertiary/aromatic N) is 2. The van der Waals surface area contributed by atoms with Crippen molar-refractivity contribution in [3.63, 3.8) is 0 Å². The van der Waals surface area contributed by atoms with Gasteiger partial charge < -0.3 is 25.2 Å². The zero-order valence-corrected chi connectivity index (χ0v) is 13.2. The number of carbonyl (C=O) groups is 3. The Morgan fingerprint density at radius 2 is 2.08 bits per heavy atom. The van der Waals surface area contributed by atoms with E-state index in [1.807, 2.05) is 4.90 Å². The van der Waals surface area contributed by atoms with Crippen LogP contribution in [-0.4, -0.2) is 64.9 Å². The van der Waals surface area contributed by atoms with E-state index in [1.54, 1.807) is 12.1 Å². The van der Waals surface area contributed by atoms with Crippen molar-refractivity contribution in [1.29, 1.82) is 0 Å². The van der Waals surface area contributed by atoms with Crippen LogP contribution >= 0.6 is 0 Å². The first kappa shape index (κ1) is 17.7. The van der Waals surface area contributed by atoms with Crippen LogP contribution < -0.4 is 10.2 Å². The highest BCUT2D eigenvalue weighted by atomic mass is 16.5. The summed E-state index contributed by atoms with van der Waals surface area (Å²) in [6, 6.07) is 4.93. The van der Waals surface area contributed by atoms with Gasteiger partial charge in [-0.25, -0.2) is 9.78 Å². The summed E-state index contributed by atoms with van der Waals surface area (Å²) in [6.45, 7) is 2.98. The Hall–Kier alpha value is -2.68. The topological polar surface area (TPSA) is 129 Å². The first-order chi connectivity index (χ1) is 11.3. The lowest BCUT2D eigenvalue weighted by atomic mass is 10.0. The zero-order chi connectivity index (χ0) is 17.7. The summed E-state index contributed by atoms with van der Waals surface area (Å²) in [7, 11) is 0. The Morgan fingerprint density at radius 3 is 2.67 bits per heavy atom. The van der Waals surface area contributed by atoms with Crippen LogP contribution in [0.5, 0.6) is 0 Å². The molecular formula is C15H19N3O6. The highest BCUT2D eigenvalue weighted by Gasteiger charge is 2.42. The van der Waals surface area contributed by atoms with Crippen LogP contribution in [-0.2, 0) is 14.3 Å². The standard InChI is InChI=1S/C13H15N3O4.C2H4O2/c17-11-6-20-13(7-14-11)4-5-16(8-13)10-3-1-2-9(15-10)12(18)19;1-2(3)4/h1-3H,4-8H2,(H,14,17)(H,18,19);1H3,(H,3,4). The number of aliphatic carboxylic acids is 1. The first-order valence-electron chi connectivity index (χ1n) is 7.37. The number of carboxylic acid groups (broad SMARTS) is 2. The van der Waals surface area contributed by atoms with E-state index in [9.17, 15) is 9.59 Å². The van der Waals surface area contributed by atoms with Crippen LogP contribution in [0.3, 0.4) is 0 Å². The van der Waals surface area contributed by atoms with Crippen molar-refractivity contribution in [1.82, 2.24) is 10.3 Å². The summed E-state index contributed by atoms with van der Waals surface area (Å²) >= 11 is 0. The lowest BCUT2D eigenvalue weighted by Crippen LogP contribution is -2.53. The van der Waals surface area contributed by atoms with Gasteiger partial charge in [0.1, 0.15) is 18.0 Å². The average molecular weight is 337 g/mol. The molecule has 2 aliphatic heterocycles. The van der Waals surface area contributed by atoms with Gasteiger partial charge in [-0.2, -0.15) is 0 Å². The number of ether oxygens (including phenoxy) is 1. The van der Waals surface area contributed by atoms with Crippen LogP contribution in [0, 0.1) is 0 Å². The number of rotatable bonds is 2. The van der Waals surface area contributed by atoms with Gasteiger partial charge in [0.25, 0.3) is 5.97 Å². The second-order valence-electron chi connectivity index (χ2n) is 5.63. The molecule has 1 spiro atoms. The van der Waals surface area contributed by atoms with Crippen molar-refractivity contribution in [2.45, 2.75) is 18.9 Å². The molecule has 0 bridgehead atoms. The minimum atomic E-state index is -1.04. The summed E-state index contributed by atoms with van der Waals surface area (Å²) in [6.07, 6.45) is 0.784. The SMILES string of the molecule is CC(=O)O.O=C1COC2(CCN(c3cccc(C(=O)O)n3)C2)CN1. The molecule has 130 valence electrons. The van der Waals surface area contributed by atoms with Gasteiger partial charge in [-0.3, -0.25) is 9.59 Å². The normalized spacial score (nSPS) is 22.5. The Bertz CT molecular complexity index is 634. The quantitative estimate of drug-likeness (QED) is 0.686. The fourth-order valence-corrected chi connectivity index (χ4v) is 2.60. The first-order valence-corrected chi connectivity index (χ1v) is 7.37. The van der Waals surface area contributed by atoms with E-state index in [4.69, 9.17) is 19.7 Å². The number of morpholine rings is 1. The van der Waals surface area contributed by atoms with Crippen LogP contribution in [0.25, 0.3) is 0 Å². The van der Waals surface area contributed by atoms with Crippen LogP contribution in [0.4, 0.5) is 5.82 Å². The smallest absolute Gasteiger partial charge is 0.354 e. The van der Waals surface area contributed by atoms with E-state index in [0.717, 1.165) is 19.9 Å². The molecule has 2 fully saturated rings. The molecule has 3 rings (SSSR count). The molecule has 1 atom stereocenters. The lowest BCUT2D eigenvalue weighted by molar-refractivity contribution is -0.141. The third-order valence-corrected chi connectivity index (χ3v) is 3.71. The molecule has 2 aliphatic rings. The number of hydrogen-bond donors (Lipinski definition) is 3. The number of nitrogens with one attached hydrogen (secondary N) is 1. The average Bonchev–Trinajstić information content (AvgIpc) is 2.94. The Labute approximate surface area is 138 Å². The van der Waals surface area contributed by atoms with Crippen molar-refractivity contribution in [2.24, 2.45) is 0 Å². The number of anilines is 1. The van der Waals surface area contributed by atoms with Gasteiger partial charge in [-0.05, 0) is 18.6 Å². The summed E-state index contributed by atoms with van der Waals surface area (Å²) < 4.78 is 5.67. The highest BCUT2D eigenvalue weighted by Crippen LogP contribution is 2.29. The van der Waals surface area contributed by atoms with Crippen molar-refractivity contribution < 1.29 is 29.3 Å². The summed E-state index contributed by atoms with van der Waals surface area (Å²) in [5.41, 5.74) is -0.351. The number of aromatic nitrogens is 1. The maximum atomic E-state index is 11.1. The number of carboxylic acids is 2. The number of pyridine rings is 1. The predicted molar refractivity (Wildman–Crippen MR) is 83.0 cm³/mol. The van der Waals surface area contributed by atoms with Gasteiger partial charge >= 0.3 is 5.97 Å². The molecular weight excluding hydrogens is 318 g/mol. The number of hydrogen-bond acceptors (Lipinski definition) is 6. The third-order valence-electron chi connectivity index (χ3n) is 3.71. The molecule has 3 N–H and O–H groups in total. The molecule has 3 heterocycles. The zero-order valence-electron chi connectivity index (χ0n) is 13.2. The maximum absolute atomic E-state index is 11.1. The van der Waals surface area contributed by atoms with Crippen molar-refractivity contribution >= 4 is 23.7 Å². The van der Waals surface area contributed by atoms with Gasteiger partial charge in [0.05, 0.1) is 6.54 Å². The second-order valence-corrected chi connectivity index (χ2v) is 5.63. The molecule has 0 radical (unpaired) electrons. The molecule has 2 saturated heterocycles. The Morgan fingerprint density at radius 1 is 1.38 bits per heavy atom. The Balaban J connectivity index is 0.000000471. The second kappa shape index (κ2) is 7.26. The molecule has 24 heavy (non-hydrogen) atoms. The lowest BCUT2D eigenvalue weighted by Gasteiger charge is -2.33. The van der Waals surface area contributed by atoms with E-state index in [1.165, 1.54) is 6.07 Å². The fraction of sp³-hybridized carbons (Fsp3) is 0.467. The van der Waals surface area contributed by atoms with Gasteiger partial charge in [0.15, 0.2) is 5.69 Å². The van der Waals surface area contributed by atoms with Crippen LogP contribution in [0.15, 0.2) is 18.2 Å². The third kappa shape index (κ3) is 4.42. The van der Waals surface area contributed by atoms with E-state index < -0.39 is 11.9 Å². The Kier molecular flexibility index (Phi) is 5.35. The minimum absolute atomic E-state index is 0.0290. The van der Waals surface area contributed by atoms with E-state index in [0.29, 0.717) is 18.9 Å². The molecule has 1 aromatic heterocycles. The highest BCUT2D eigenvalue weighted by molar-refractivity contribution is 5.85. The summed E-state index contributed by atoms with van der Waals surface area (Å²) in [5, 5.41) is 19.2. The molecule has 0 aromatic carbocycles. The molecule has 0 saturated carbocycles. The van der Waals surface area contributed by atoms with Crippen molar-refractivity contribution in [2.75, 3.05) is 31.1 Å². The van der Waals surface area contributed by atoms with Gasteiger partial charge in [0, 0.05) is 20.0 Å². The van der Waals surface area contributed by atoms with Crippen LogP contribution in [0.1, 0.15) is 23.8 Å². The molecule has 1 amide bonds. The van der Waals surface area contributed by atoms with Crippen molar-refractivity contribution in [3.8, 4) is 0 Å². The molecule has 0 aliphatic carbocycles. The molecule has 1 unspecified atom stereocenters. The van der Waals surface area contributed by atoms with E-state index in [-0.39, 0.29) is 23.8 Å². The summed E-state index contributed by atoms with van der Waals surface area (Å²) in [5.74, 6) is -1.34. The predicted octanol–water partition coefficient (Wildman–Crippen LogP) is -0.0340. The van der Waals surface area contributed by atoms with Gasteiger partial charge in [-0.1, -0.05) is 6.07 Å². The maximum Gasteiger partial charge on any atom is 0.354 e. The summed E-state index contributed by atoms with van der Waals surface area (Å²) in [4.78, 5) is 37.2. The van der Waals surface area contributed by atoms with Crippen molar-refractivity contribution in [3.05, 3.63) is 23.9 Å². The number of carbonyl (C=O) groups excluding carboxylic acids is 1. The monoisotopic (exact) mass is 337 g/mol. The van der Waals surface area contributed by atoms with Crippen LogP contribution in [0.2, 0.25) is 0 Å². The van der Waals surface area contributed by atoms with E-state index in [2.05, 4.69) is 10.3 Å². The number of aromatic carboxylic acids is 1. The molecule has 1 aromatic rings. The fourth-order valence-electron chi connectivity index (χ4n) is 2.60. The van der Waals surface area contributed by atoms with Gasteiger partial charge in [0.2, 0.25) is 5.91 Å². The van der Waals surface area contributed by atoms with E-state index >= 15 is 0 Å².